The summed E-state index contributed by atoms with van der Waals surface area (Å²) in [5.74, 6) is 0.648. The van der Waals surface area contributed by atoms with E-state index in [1.807, 2.05) is 6.92 Å². The predicted octanol–water partition coefficient (Wildman–Crippen LogP) is 4.18. The number of alkyl halides is 3. The highest BCUT2D eigenvalue weighted by Crippen LogP contribution is 2.37. The second kappa shape index (κ2) is 5.12. The molecule has 1 aliphatic carbocycles. The van der Waals surface area contributed by atoms with E-state index in [-0.39, 0.29) is 17.3 Å². The molecular formula is C14H15F3N2. The number of nitrogens with one attached hydrogen (secondary N) is 1. The minimum absolute atomic E-state index is 0.00142. The van der Waals surface area contributed by atoms with Crippen LogP contribution in [0.4, 0.5) is 18.9 Å². The van der Waals surface area contributed by atoms with Crippen LogP contribution >= 0.6 is 0 Å². The highest BCUT2D eigenvalue weighted by Gasteiger charge is 2.34. The lowest BCUT2D eigenvalue weighted by molar-refractivity contribution is -0.137. The molecular weight excluding hydrogens is 253 g/mol. The fraction of sp³-hybridized carbons (Fsp3) is 0.500. The van der Waals surface area contributed by atoms with Gasteiger partial charge in [-0.3, -0.25) is 0 Å². The van der Waals surface area contributed by atoms with Gasteiger partial charge in [-0.1, -0.05) is 12.8 Å². The van der Waals surface area contributed by atoms with Crippen molar-refractivity contribution in [3.63, 3.8) is 0 Å². The number of anilines is 1. The first-order valence-corrected chi connectivity index (χ1v) is 6.28. The van der Waals surface area contributed by atoms with Crippen LogP contribution in [0.2, 0.25) is 0 Å². The summed E-state index contributed by atoms with van der Waals surface area (Å²) < 4.78 is 38.8. The molecule has 1 aromatic rings. The molecule has 0 saturated heterocycles. The van der Waals surface area contributed by atoms with Crippen LogP contribution in [0, 0.1) is 17.2 Å². The van der Waals surface area contributed by atoms with Gasteiger partial charge in [0.15, 0.2) is 0 Å². The lowest BCUT2D eigenvalue weighted by Crippen LogP contribution is -2.19. The van der Waals surface area contributed by atoms with Crippen LogP contribution < -0.4 is 5.32 Å². The van der Waals surface area contributed by atoms with Gasteiger partial charge in [0.25, 0.3) is 0 Å². The zero-order valence-corrected chi connectivity index (χ0v) is 10.6. The molecule has 0 amide bonds. The molecule has 1 aliphatic rings. The maximum absolute atomic E-state index is 12.9. The lowest BCUT2D eigenvalue weighted by Gasteiger charge is -2.19. The van der Waals surface area contributed by atoms with Crippen molar-refractivity contribution < 1.29 is 13.2 Å². The number of hydrogen-bond acceptors (Lipinski definition) is 2. The minimum atomic E-state index is -4.45. The number of nitriles is 1. The van der Waals surface area contributed by atoms with Crippen LogP contribution in [-0.4, -0.2) is 6.04 Å². The SMILES string of the molecule is CC(CC1CC1)Nc1ccc(C#N)cc1C(F)(F)F. The Kier molecular flexibility index (Phi) is 3.70. The maximum Gasteiger partial charge on any atom is 0.418 e. The second-order valence-corrected chi connectivity index (χ2v) is 5.09. The Morgan fingerprint density at radius 3 is 2.63 bits per heavy atom. The number of hydrogen-bond donors (Lipinski definition) is 1. The Morgan fingerprint density at radius 2 is 2.11 bits per heavy atom. The van der Waals surface area contributed by atoms with Gasteiger partial charge in [0.2, 0.25) is 0 Å². The van der Waals surface area contributed by atoms with Crippen LogP contribution in [0.25, 0.3) is 0 Å². The highest BCUT2D eigenvalue weighted by atomic mass is 19.4. The van der Waals surface area contributed by atoms with E-state index < -0.39 is 11.7 Å². The van der Waals surface area contributed by atoms with Crippen LogP contribution in [0.5, 0.6) is 0 Å². The first-order chi connectivity index (χ1) is 8.90. The van der Waals surface area contributed by atoms with Crippen molar-refractivity contribution in [2.45, 2.75) is 38.4 Å². The molecule has 0 bridgehead atoms. The topological polar surface area (TPSA) is 35.8 Å². The number of nitrogens with zero attached hydrogens (tertiary/aromatic N) is 1. The molecule has 2 rings (SSSR count). The summed E-state index contributed by atoms with van der Waals surface area (Å²) in [5, 5.41) is 11.6. The predicted molar refractivity (Wildman–Crippen MR) is 66.6 cm³/mol. The third kappa shape index (κ3) is 3.63. The molecule has 1 unspecified atom stereocenters. The van der Waals surface area contributed by atoms with Gasteiger partial charge in [-0.25, -0.2) is 0 Å². The molecule has 19 heavy (non-hydrogen) atoms. The Labute approximate surface area is 110 Å². The first kappa shape index (κ1) is 13.7. The van der Waals surface area contributed by atoms with Gasteiger partial charge < -0.3 is 5.32 Å². The maximum atomic E-state index is 12.9. The zero-order valence-electron chi connectivity index (χ0n) is 10.6. The number of benzene rings is 1. The summed E-state index contributed by atoms with van der Waals surface area (Å²) in [7, 11) is 0. The van der Waals surface area contributed by atoms with Gasteiger partial charge in [0, 0.05) is 11.7 Å². The van der Waals surface area contributed by atoms with Crippen molar-refractivity contribution >= 4 is 5.69 Å². The van der Waals surface area contributed by atoms with Crippen molar-refractivity contribution in [1.82, 2.24) is 0 Å². The Bertz CT molecular complexity index is 498. The third-order valence-corrected chi connectivity index (χ3v) is 3.24. The van der Waals surface area contributed by atoms with Crippen LogP contribution in [0.3, 0.4) is 0 Å². The van der Waals surface area contributed by atoms with Gasteiger partial charge in [-0.15, -0.1) is 0 Å². The molecule has 0 heterocycles. The Morgan fingerprint density at radius 1 is 1.42 bits per heavy atom. The largest absolute Gasteiger partial charge is 0.418 e. The van der Waals surface area contributed by atoms with Crippen LogP contribution in [0.15, 0.2) is 18.2 Å². The van der Waals surface area contributed by atoms with E-state index in [1.165, 1.54) is 25.0 Å². The molecule has 1 fully saturated rings. The molecule has 1 N–H and O–H groups in total. The van der Waals surface area contributed by atoms with E-state index in [0.29, 0.717) is 5.92 Å². The van der Waals surface area contributed by atoms with Gasteiger partial charge in [-0.2, -0.15) is 18.4 Å². The van der Waals surface area contributed by atoms with Gasteiger partial charge >= 0.3 is 6.18 Å². The van der Waals surface area contributed by atoms with Crippen molar-refractivity contribution in [1.29, 1.82) is 5.26 Å². The number of halogens is 3. The Balaban J connectivity index is 2.20. The van der Waals surface area contributed by atoms with Crippen LogP contribution in [0.1, 0.15) is 37.3 Å². The highest BCUT2D eigenvalue weighted by molar-refractivity contribution is 5.56. The summed E-state index contributed by atoms with van der Waals surface area (Å²) in [5.41, 5.74) is -0.693. The van der Waals surface area contributed by atoms with Crippen molar-refractivity contribution in [3.05, 3.63) is 29.3 Å². The molecule has 102 valence electrons. The Hall–Kier alpha value is -1.70. The summed E-state index contributed by atoms with van der Waals surface area (Å²) in [6, 6.07) is 5.37. The molecule has 0 spiro atoms. The van der Waals surface area contributed by atoms with E-state index in [0.717, 1.165) is 12.5 Å². The summed E-state index contributed by atoms with van der Waals surface area (Å²) >= 11 is 0. The van der Waals surface area contributed by atoms with E-state index in [9.17, 15) is 13.2 Å². The summed E-state index contributed by atoms with van der Waals surface area (Å²) in [6.07, 6.45) is -1.22. The minimum Gasteiger partial charge on any atom is -0.382 e. The smallest absolute Gasteiger partial charge is 0.382 e. The monoisotopic (exact) mass is 268 g/mol. The molecule has 0 aromatic heterocycles. The molecule has 5 heteroatoms. The molecule has 2 nitrogen and oxygen atoms in total. The zero-order chi connectivity index (χ0) is 14.0. The summed E-state index contributed by atoms with van der Waals surface area (Å²) in [4.78, 5) is 0. The van der Waals surface area contributed by atoms with E-state index in [4.69, 9.17) is 5.26 Å². The standard InChI is InChI=1S/C14H15F3N2/c1-9(6-10-2-3-10)19-13-5-4-11(8-18)7-12(13)14(15,16)17/h4-5,7,9-10,19H,2-3,6H2,1H3. The van der Waals surface area contributed by atoms with E-state index >= 15 is 0 Å². The van der Waals surface area contributed by atoms with Crippen LogP contribution in [-0.2, 0) is 6.18 Å². The molecule has 0 aliphatic heterocycles. The normalized spacial score (nSPS) is 16.8. The van der Waals surface area contributed by atoms with Crippen molar-refractivity contribution in [2.24, 2.45) is 5.92 Å². The average molecular weight is 268 g/mol. The quantitative estimate of drug-likeness (QED) is 0.889. The third-order valence-electron chi connectivity index (χ3n) is 3.24. The van der Waals surface area contributed by atoms with Crippen molar-refractivity contribution in [3.8, 4) is 6.07 Å². The van der Waals surface area contributed by atoms with Gasteiger partial charge in [0.05, 0.1) is 17.2 Å². The van der Waals surface area contributed by atoms with E-state index in [2.05, 4.69) is 5.32 Å². The second-order valence-electron chi connectivity index (χ2n) is 5.09. The first-order valence-electron chi connectivity index (χ1n) is 6.28. The van der Waals surface area contributed by atoms with Gasteiger partial charge in [-0.05, 0) is 37.5 Å². The summed E-state index contributed by atoms with van der Waals surface area (Å²) in [6.45, 7) is 1.89. The fourth-order valence-electron chi connectivity index (χ4n) is 2.15. The molecule has 1 aromatic carbocycles. The molecule has 1 saturated carbocycles. The fourth-order valence-corrected chi connectivity index (χ4v) is 2.15. The number of rotatable bonds is 4. The lowest BCUT2D eigenvalue weighted by atomic mass is 10.1. The average Bonchev–Trinajstić information content (AvgIpc) is 3.12. The van der Waals surface area contributed by atoms with Gasteiger partial charge in [0.1, 0.15) is 0 Å². The molecule has 1 atom stereocenters. The molecule has 0 radical (unpaired) electrons. The van der Waals surface area contributed by atoms with Crippen molar-refractivity contribution in [2.75, 3.05) is 5.32 Å². The van der Waals surface area contributed by atoms with E-state index in [1.54, 1.807) is 6.07 Å².